The van der Waals surface area contributed by atoms with E-state index in [2.05, 4.69) is 5.32 Å². The number of rotatable bonds is 8. The Morgan fingerprint density at radius 2 is 1.73 bits per heavy atom. The number of anilines is 1. The SMILES string of the molecule is CCOc1ccc(/C=C/C(=O)Nc2cc(Cl)ccc2OC)cc1OCC. The first kappa shape index (κ1) is 19.7. The van der Waals surface area contributed by atoms with E-state index in [0.717, 1.165) is 5.56 Å². The van der Waals surface area contributed by atoms with Gasteiger partial charge in [0.1, 0.15) is 5.75 Å². The fourth-order valence-electron chi connectivity index (χ4n) is 2.30. The second kappa shape index (κ2) is 9.73. The van der Waals surface area contributed by atoms with Crippen LogP contribution < -0.4 is 19.5 Å². The Morgan fingerprint density at radius 1 is 1.04 bits per heavy atom. The van der Waals surface area contributed by atoms with Crippen LogP contribution in [0.4, 0.5) is 5.69 Å². The molecule has 0 unspecified atom stereocenters. The van der Waals surface area contributed by atoms with Crippen molar-refractivity contribution in [2.45, 2.75) is 13.8 Å². The summed E-state index contributed by atoms with van der Waals surface area (Å²) in [5.41, 5.74) is 1.33. The Bertz CT molecular complexity index is 789. The van der Waals surface area contributed by atoms with Gasteiger partial charge >= 0.3 is 0 Å². The number of methoxy groups -OCH3 is 1. The molecule has 0 spiro atoms. The van der Waals surface area contributed by atoms with Crippen LogP contribution in [-0.2, 0) is 4.79 Å². The third kappa shape index (κ3) is 5.43. The topological polar surface area (TPSA) is 56.8 Å². The fraction of sp³-hybridized carbons (Fsp3) is 0.250. The third-order valence-corrected chi connectivity index (χ3v) is 3.65. The molecular formula is C20H22ClNO4. The van der Waals surface area contributed by atoms with E-state index in [-0.39, 0.29) is 5.91 Å². The number of carbonyl (C=O) groups excluding carboxylic acids is 1. The lowest BCUT2D eigenvalue weighted by molar-refractivity contribution is -0.111. The van der Waals surface area contributed by atoms with Crippen molar-refractivity contribution in [3.63, 3.8) is 0 Å². The average Bonchev–Trinajstić information content (AvgIpc) is 2.62. The molecule has 138 valence electrons. The second-order valence-corrected chi connectivity index (χ2v) is 5.68. The predicted octanol–water partition coefficient (Wildman–Crippen LogP) is 4.80. The molecule has 1 N–H and O–H groups in total. The number of halogens is 1. The molecule has 2 rings (SSSR count). The van der Waals surface area contributed by atoms with Gasteiger partial charge in [0.25, 0.3) is 0 Å². The molecule has 0 aliphatic heterocycles. The minimum Gasteiger partial charge on any atom is -0.495 e. The highest BCUT2D eigenvalue weighted by Crippen LogP contribution is 2.29. The van der Waals surface area contributed by atoms with E-state index in [9.17, 15) is 4.79 Å². The molecule has 6 heteroatoms. The van der Waals surface area contributed by atoms with Crippen molar-refractivity contribution < 1.29 is 19.0 Å². The van der Waals surface area contributed by atoms with Crippen LogP contribution >= 0.6 is 11.6 Å². The zero-order chi connectivity index (χ0) is 18.9. The van der Waals surface area contributed by atoms with Crippen molar-refractivity contribution in [1.29, 1.82) is 0 Å². The van der Waals surface area contributed by atoms with E-state index in [4.69, 9.17) is 25.8 Å². The van der Waals surface area contributed by atoms with Gasteiger partial charge in [-0.05, 0) is 55.8 Å². The molecule has 0 fully saturated rings. The molecule has 0 aliphatic carbocycles. The van der Waals surface area contributed by atoms with E-state index in [1.165, 1.54) is 13.2 Å². The zero-order valence-electron chi connectivity index (χ0n) is 15.0. The Kier molecular flexibility index (Phi) is 7.36. The molecular weight excluding hydrogens is 354 g/mol. The first-order valence-electron chi connectivity index (χ1n) is 8.29. The Hall–Kier alpha value is -2.66. The number of nitrogens with one attached hydrogen (secondary N) is 1. The number of amides is 1. The lowest BCUT2D eigenvalue weighted by atomic mass is 10.2. The predicted molar refractivity (Wildman–Crippen MR) is 104 cm³/mol. The summed E-state index contributed by atoms with van der Waals surface area (Å²) >= 11 is 5.97. The minimum atomic E-state index is -0.294. The first-order chi connectivity index (χ1) is 12.6. The van der Waals surface area contributed by atoms with E-state index in [0.29, 0.717) is 41.2 Å². The van der Waals surface area contributed by atoms with Crippen molar-refractivity contribution in [2.24, 2.45) is 0 Å². The third-order valence-electron chi connectivity index (χ3n) is 3.41. The quantitative estimate of drug-likeness (QED) is 0.673. The van der Waals surface area contributed by atoms with Gasteiger partial charge in [-0.15, -0.1) is 0 Å². The van der Waals surface area contributed by atoms with Crippen molar-refractivity contribution in [3.05, 3.63) is 53.1 Å². The average molecular weight is 376 g/mol. The fourth-order valence-corrected chi connectivity index (χ4v) is 2.47. The number of ether oxygens (including phenoxy) is 3. The summed E-state index contributed by atoms with van der Waals surface area (Å²) in [5, 5.41) is 3.26. The smallest absolute Gasteiger partial charge is 0.248 e. The number of benzene rings is 2. The second-order valence-electron chi connectivity index (χ2n) is 5.24. The summed E-state index contributed by atoms with van der Waals surface area (Å²) in [7, 11) is 1.53. The molecule has 0 aromatic heterocycles. The van der Waals surface area contributed by atoms with Crippen LogP contribution in [0.1, 0.15) is 19.4 Å². The number of hydrogen-bond donors (Lipinski definition) is 1. The summed E-state index contributed by atoms with van der Waals surface area (Å²) in [4.78, 5) is 12.2. The zero-order valence-corrected chi connectivity index (χ0v) is 15.8. The molecule has 2 aromatic carbocycles. The van der Waals surface area contributed by atoms with Crippen molar-refractivity contribution >= 4 is 29.3 Å². The summed E-state index contributed by atoms with van der Waals surface area (Å²) in [6.07, 6.45) is 3.14. The van der Waals surface area contributed by atoms with E-state index in [1.54, 1.807) is 24.3 Å². The minimum absolute atomic E-state index is 0.294. The monoisotopic (exact) mass is 375 g/mol. The van der Waals surface area contributed by atoms with Gasteiger partial charge in [0.15, 0.2) is 11.5 Å². The Labute approximate surface area is 158 Å². The van der Waals surface area contributed by atoms with Crippen LogP contribution in [0, 0.1) is 0 Å². The van der Waals surface area contributed by atoms with Gasteiger partial charge in [0, 0.05) is 11.1 Å². The highest BCUT2D eigenvalue weighted by molar-refractivity contribution is 6.31. The molecule has 0 aliphatic rings. The molecule has 0 heterocycles. The number of carbonyl (C=O) groups is 1. The van der Waals surface area contributed by atoms with Gasteiger partial charge in [0.2, 0.25) is 5.91 Å². The van der Waals surface area contributed by atoms with E-state index >= 15 is 0 Å². The lowest BCUT2D eigenvalue weighted by Crippen LogP contribution is -2.08. The summed E-state index contributed by atoms with van der Waals surface area (Å²) < 4.78 is 16.3. The van der Waals surface area contributed by atoms with Crippen LogP contribution in [0.5, 0.6) is 17.2 Å². The maximum Gasteiger partial charge on any atom is 0.248 e. The molecule has 5 nitrogen and oxygen atoms in total. The molecule has 0 saturated heterocycles. The van der Waals surface area contributed by atoms with Crippen LogP contribution in [0.25, 0.3) is 6.08 Å². The largest absolute Gasteiger partial charge is 0.495 e. The van der Waals surface area contributed by atoms with Gasteiger partial charge in [-0.2, -0.15) is 0 Å². The van der Waals surface area contributed by atoms with Gasteiger partial charge in [0.05, 0.1) is 26.0 Å². The van der Waals surface area contributed by atoms with Gasteiger partial charge in [-0.3, -0.25) is 4.79 Å². The lowest BCUT2D eigenvalue weighted by Gasteiger charge is -2.11. The van der Waals surface area contributed by atoms with Gasteiger partial charge < -0.3 is 19.5 Å². The molecule has 2 aromatic rings. The molecule has 0 bridgehead atoms. The van der Waals surface area contributed by atoms with Crippen molar-refractivity contribution in [2.75, 3.05) is 25.6 Å². The van der Waals surface area contributed by atoms with Crippen LogP contribution in [0.15, 0.2) is 42.5 Å². The number of hydrogen-bond acceptors (Lipinski definition) is 4. The highest BCUT2D eigenvalue weighted by atomic mass is 35.5. The Balaban J connectivity index is 2.12. The van der Waals surface area contributed by atoms with Crippen LogP contribution in [0.3, 0.4) is 0 Å². The summed E-state index contributed by atoms with van der Waals surface area (Å²) in [6.45, 7) is 4.91. The van der Waals surface area contributed by atoms with Gasteiger partial charge in [-0.25, -0.2) is 0 Å². The van der Waals surface area contributed by atoms with Crippen LogP contribution in [0.2, 0.25) is 5.02 Å². The van der Waals surface area contributed by atoms with Crippen molar-refractivity contribution in [1.82, 2.24) is 0 Å². The maximum absolute atomic E-state index is 12.2. The van der Waals surface area contributed by atoms with E-state index in [1.807, 2.05) is 32.0 Å². The molecule has 0 atom stereocenters. The van der Waals surface area contributed by atoms with E-state index < -0.39 is 0 Å². The molecule has 1 amide bonds. The molecule has 26 heavy (non-hydrogen) atoms. The van der Waals surface area contributed by atoms with Crippen molar-refractivity contribution in [3.8, 4) is 17.2 Å². The molecule has 0 saturated carbocycles. The van der Waals surface area contributed by atoms with Crippen LogP contribution in [-0.4, -0.2) is 26.2 Å². The Morgan fingerprint density at radius 3 is 2.42 bits per heavy atom. The summed E-state index contributed by atoms with van der Waals surface area (Å²) in [5.74, 6) is 1.57. The standard InChI is InChI=1S/C20H22ClNO4/c1-4-25-18-9-6-14(12-19(18)26-5-2)7-11-20(23)22-16-13-15(21)8-10-17(16)24-3/h6-13H,4-5H2,1-3H3,(H,22,23)/b11-7+. The first-order valence-corrected chi connectivity index (χ1v) is 8.67. The highest BCUT2D eigenvalue weighted by Gasteiger charge is 2.07. The normalized spacial score (nSPS) is 10.6. The maximum atomic E-state index is 12.2. The van der Waals surface area contributed by atoms with Gasteiger partial charge in [-0.1, -0.05) is 17.7 Å². The molecule has 0 radical (unpaired) electrons. The summed E-state index contributed by atoms with van der Waals surface area (Å²) in [6, 6.07) is 10.5.